The van der Waals surface area contributed by atoms with E-state index < -0.39 is 10.0 Å². The second kappa shape index (κ2) is 7.63. The first-order valence-electron chi connectivity index (χ1n) is 8.94. The number of primary sulfonamides is 1. The third-order valence-corrected chi connectivity index (χ3v) is 5.18. The van der Waals surface area contributed by atoms with Crippen LogP contribution in [0.3, 0.4) is 0 Å². The molecule has 0 spiro atoms. The molecular formula is C22H17N3O4S. The highest BCUT2D eigenvalue weighted by Crippen LogP contribution is 2.21. The molecule has 30 heavy (non-hydrogen) atoms. The van der Waals surface area contributed by atoms with Crippen molar-refractivity contribution in [2.45, 2.75) is 5.75 Å². The monoisotopic (exact) mass is 419 g/mol. The van der Waals surface area contributed by atoms with E-state index in [9.17, 15) is 13.2 Å². The van der Waals surface area contributed by atoms with Crippen LogP contribution in [0.1, 0.15) is 16.8 Å². The molecule has 0 fully saturated rings. The highest BCUT2D eigenvalue weighted by molar-refractivity contribution is 7.88. The van der Waals surface area contributed by atoms with E-state index in [1.165, 1.54) is 6.26 Å². The van der Waals surface area contributed by atoms with E-state index in [1.807, 2.05) is 17.8 Å². The van der Waals surface area contributed by atoms with Crippen LogP contribution in [0, 0.1) is 11.8 Å². The molecule has 2 aromatic carbocycles. The van der Waals surface area contributed by atoms with Crippen LogP contribution < -0.4 is 10.6 Å². The Labute approximate surface area is 172 Å². The molecule has 4 rings (SSSR count). The van der Waals surface area contributed by atoms with E-state index in [0.717, 1.165) is 0 Å². The third-order valence-electron chi connectivity index (χ3n) is 4.45. The van der Waals surface area contributed by atoms with E-state index >= 15 is 0 Å². The zero-order chi connectivity index (χ0) is 21.3. The third kappa shape index (κ3) is 4.33. The average Bonchev–Trinajstić information content (AvgIpc) is 3.11. The second-order valence-corrected chi connectivity index (χ2v) is 8.48. The van der Waals surface area contributed by atoms with E-state index in [2.05, 4.69) is 16.8 Å². The Morgan fingerprint density at radius 2 is 1.90 bits per heavy atom. The van der Waals surface area contributed by atoms with Crippen LogP contribution in [-0.2, 0) is 22.8 Å². The number of hydrogen-bond acceptors (Lipinski definition) is 5. The van der Waals surface area contributed by atoms with Gasteiger partial charge in [0.1, 0.15) is 17.5 Å². The molecule has 8 heteroatoms. The van der Waals surface area contributed by atoms with Gasteiger partial charge in [-0.25, -0.2) is 18.5 Å². The first kappa shape index (κ1) is 19.6. The fourth-order valence-electron chi connectivity index (χ4n) is 3.03. The maximum absolute atomic E-state index is 12.9. The Morgan fingerprint density at radius 1 is 1.13 bits per heavy atom. The van der Waals surface area contributed by atoms with Gasteiger partial charge in [0.15, 0.2) is 5.43 Å². The largest absolute Gasteiger partial charge is 0.463 e. The summed E-state index contributed by atoms with van der Waals surface area (Å²) in [4.78, 5) is 17.1. The van der Waals surface area contributed by atoms with Gasteiger partial charge in [-0.2, -0.15) is 0 Å². The number of rotatable bonds is 3. The number of nitrogens with two attached hydrogens (primary N) is 1. The van der Waals surface area contributed by atoms with Crippen molar-refractivity contribution in [3.63, 3.8) is 0 Å². The minimum atomic E-state index is -3.61. The molecule has 0 amide bonds. The lowest BCUT2D eigenvalue weighted by molar-refractivity contribution is 0.597. The normalized spacial score (nSPS) is 11.3. The van der Waals surface area contributed by atoms with Crippen molar-refractivity contribution in [2.75, 3.05) is 0 Å². The number of benzene rings is 2. The van der Waals surface area contributed by atoms with Gasteiger partial charge >= 0.3 is 0 Å². The number of nitrogens with zero attached hydrogens (tertiary/aromatic N) is 2. The molecule has 2 aromatic heterocycles. The first-order valence-corrected chi connectivity index (χ1v) is 10.7. The molecule has 0 saturated carbocycles. The van der Waals surface area contributed by atoms with Crippen molar-refractivity contribution in [1.82, 2.24) is 9.55 Å². The zero-order valence-corrected chi connectivity index (χ0v) is 16.8. The number of hydrogen-bond donors (Lipinski definition) is 1. The molecule has 0 aliphatic rings. The summed E-state index contributed by atoms with van der Waals surface area (Å²) in [7, 11) is -1.74. The van der Waals surface area contributed by atoms with Gasteiger partial charge in [0.05, 0.1) is 23.0 Å². The van der Waals surface area contributed by atoms with Crippen LogP contribution in [-0.4, -0.2) is 18.0 Å². The van der Waals surface area contributed by atoms with Gasteiger partial charge in [-0.05, 0) is 35.2 Å². The van der Waals surface area contributed by atoms with E-state index in [0.29, 0.717) is 38.9 Å². The molecule has 0 bridgehead atoms. The predicted molar refractivity (Wildman–Crippen MR) is 114 cm³/mol. The van der Waals surface area contributed by atoms with Gasteiger partial charge in [0.25, 0.3) is 0 Å². The fraction of sp³-hybridized carbons (Fsp3) is 0.0909. The molecule has 150 valence electrons. The van der Waals surface area contributed by atoms with Gasteiger partial charge in [0.2, 0.25) is 10.0 Å². The highest BCUT2D eigenvalue weighted by atomic mass is 32.2. The number of aromatic nitrogens is 2. The standard InChI is InChI=1S/C22H17N3O4S/c1-25-11-18(24-14-25)8-4-15-5-9-19-21(10-15)29-12-20(22(19)26)17-6-2-16(3-7-17)13-30(23,27)28/h2-3,5-7,9-12,14H,13H2,1H3,(H2,23,27,28). The van der Waals surface area contributed by atoms with Crippen molar-refractivity contribution in [1.29, 1.82) is 0 Å². The SMILES string of the molecule is Cn1cnc(C#Cc2ccc3c(=O)c(-c4ccc(CS(N)(=O)=O)cc4)coc3c2)c1. The van der Waals surface area contributed by atoms with E-state index in [1.54, 1.807) is 48.8 Å². The Kier molecular flexibility index (Phi) is 4.99. The summed E-state index contributed by atoms with van der Waals surface area (Å²) in [5.74, 6) is 5.71. The van der Waals surface area contributed by atoms with Crippen molar-refractivity contribution in [3.05, 3.63) is 88.3 Å². The van der Waals surface area contributed by atoms with Crippen molar-refractivity contribution in [3.8, 4) is 23.0 Å². The van der Waals surface area contributed by atoms with Crippen molar-refractivity contribution >= 4 is 21.0 Å². The summed E-state index contributed by atoms with van der Waals surface area (Å²) >= 11 is 0. The molecule has 7 nitrogen and oxygen atoms in total. The Balaban J connectivity index is 1.66. The van der Waals surface area contributed by atoms with Crippen LogP contribution in [0.2, 0.25) is 0 Å². The summed E-state index contributed by atoms with van der Waals surface area (Å²) in [6.45, 7) is 0. The van der Waals surface area contributed by atoms with Crippen molar-refractivity contribution in [2.24, 2.45) is 12.2 Å². The topological polar surface area (TPSA) is 108 Å². The lowest BCUT2D eigenvalue weighted by atomic mass is 10.0. The second-order valence-electron chi connectivity index (χ2n) is 6.87. The molecular weight excluding hydrogens is 402 g/mol. The van der Waals surface area contributed by atoms with Crippen LogP contribution in [0.5, 0.6) is 0 Å². The Hall–Kier alpha value is -3.67. The summed E-state index contributed by atoms with van der Waals surface area (Å²) in [5.41, 5.74) is 3.17. The maximum atomic E-state index is 12.9. The molecule has 0 radical (unpaired) electrons. The van der Waals surface area contributed by atoms with Gasteiger partial charge < -0.3 is 8.98 Å². The molecule has 2 N–H and O–H groups in total. The van der Waals surface area contributed by atoms with Crippen LogP contribution in [0.15, 0.2) is 70.5 Å². The van der Waals surface area contributed by atoms with Gasteiger partial charge in [-0.3, -0.25) is 4.79 Å². The average molecular weight is 419 g/mol. The lowest BCUT2D eigenvalue weighted by Gasteiger charge is -2.05. The molecule has 0 saturated heterocycles. The Bertz CT molecular complexity index is 1470. The van der Waals surface area contributed by atoms with Crippen LogP contribution in [0.25, 0.3) is 22.1 Å². The molecule has 0 aliphatic heterocycles. The minimum Gasteiger partial charge on any atom is -0.463 e. The van der Waals surface area contributed by atoms with Crippen LogP contribution >= 0.6 is 0 Å². The molecule has 0 aliphatic carbocycles. The quantitative estimate of drug-likeness (QED) is 0.513. The summed E-state index contributed by atoms with van der Waals surface area (Å²) in [6.07, 6.45) is 4.89. The fourth-order valence-corrected chi connectivity index (χ4v) is 3.69. The zero-order valence-electron chi connectivity index (χ0n) is 16.0. The van der Waals surface area contributed by atoms with Crippen molar-refractivity contribution < 1.29 is 12.8 Å². The maximum Gasteiger partial charge on any atom is 0.213 e. The molecule has 0 atom stereocenters. The van der Waals surface area contributed by atoms with Gasteiger partial charge in [0, 0.05) is 18.8 Å². The smallest absolute Gasteiger partial charge is 0.213 e. The number of fused-ring (bicyclic) bond motifs is 1. The van der Waals surface area contributed by atoms with E-state index in [-0.39, 0.29) is 11.2 Å². The number of sulfonamides is 1. The minimum absolute atomic E-state index is 0.181. The number of aryl methyl sites for hydroxylation is 1. The van der Waals surface area contributed by atoms with E-state index in [4.69, 9.17) is 9.56 Å². The summed E-state index contributed by atoms with van der Waals surface area (Å²) < 4.78 is 29.9. The lowest BCUT2D eigenvalue weighted by Crippen LogP contribution is -2.14. The highest BCUT2D eigenvalue weighted by Gasteiger charge is 2.11. The first-order chi connectivity index (χ1) is 14.3. The molecule has 0 unspecified atom stereocenters. The number of imidazole rings is 1. The van der Waals surface area contributed by atoms with Gasteiger partial charge in [-0.15, -0.1) is 0 Å². The molecule has 4 aromatic rings. The predicted octanol–water partition coefficient (Wildman–Crippen LogP) is 2.38. The summed E-state index contributed by atoms with van der Waals surface area (Å²) in [5, 5.41) is 5.50. The summed E-state index contributed by atoms with van der Waals surface area (Å²) in [6, 6.07) is 11.7. The van der Waals surface area contributed by atoms with Gasteiger partial charge in [-0.1, -0.05) is 30.2 Å². The van der Waals surface area contributed by atoms with Crippen LogP contribution in [0.4, 0.5) is 0 Å². The molecule has 2 heterocycles. The Morgan fingerprint density at radius 3 is 2.57 bits per heavy atom.